The van der Waals surface area contributed by atoms with E-state index in [1.54, 1.807) is 12.1 Å². The van der Waals surface area contributed by atoms with Gasteiger partial charge in [-0.1, -0.05) is 6.08 Å². The highest BCUT2D eigenvalue weighted by atomic mass is 19.1. The predicted octanol–water partition coefficient (Wildman–Crippen LogP) is 0.462. The van der Waals surface area contributed by atoms with Crippen molar-refractivity contribution in [3.63, 3.8) is 0 Å². The van der Waals surface area contributed by atoms with Crippen LogP contribution in [-0.4, -0.2) is 67.0 Å². The molecule has 4 heterocycles. The number of fused-ring (bicyclic) bond motifs is 3. The number of hydrogen-bond acceptors (Lipinski definition) is 6. The highest BCUT2D eigenvalue weighted by Crippen LogP contribution is 2.48. The highest BCUT2D eigenvalue weighted by molar-refractivity contribution is 5.95. The Bertz CT molecular complexity index is 1280. The lowest BCUT2D eigenvalue weighted by Gasteiger charge is -2.25. The molecule has 0 radical (unpaired) electrons. The number of morpholine rings is 1. The molecule has 2 aromatic heterocycles. The molecule has 2 aliphatic heterocycles. The Labute approximate surface area is 187 Å². The Morgan fingerprint density at radius 3 is 2.79 bits per heavy atom. The molecule has 2 aliphatic carbocycles. The molecule has 2 amide bonds. The number of rotatable bonds is 6. The fourth-order valence-electron chi connectivity index (χ4n) is 5.04. The third-order valence-corrected chi connectivity index (χ3v) is 7.24. The lowest BCUT2D eigenvalue weighted by Crippen LogP contribution is -2.40. The van der Waals surface area contributed by atoms with Gasteiger partial charge in [0, 0.05) is 18.5 Å². The number of halogens is 1. The van der Waals surface area contributed by atoms with Crippen LogP contribution < -0.4 is 11.3 Å². The summed E-state index contributed by atoms with van der Waals surface area (Å²) in [5, 5.41) is 14.9. The number of hydrogen-bond donors (Lipinski definition) is 2. The highest BCUT2D eigenvalue weighted by Gasteiger charge is 2.45. The summed E-state index contributed by atoms with van der Waals surface area (Å²) in [6.07, 6.45) is 5.91. The van der Waals surface area contributed by atoms with Crippen molar-refractivity contribution >= 4 is 17.5 Å². The summed E-state index contributed by atoms with van der Waals surface area (Å²) in [4.78, 5) is 39.0. The number of carbonyl (C=O) groups excluding carboxylic acids is 2. The van der Waals surface area contributed by atoms with Gasteiger partial charge in [0.2, 0.25) is 11.8 Å². The van der Waals surface area contributed by atoms with Crippen molar-refractivity contribution in [2.45, 2.75) is 56.0 Å². The number of aromatic nitrogens is 3. The molecule has 0 spiro atoms. The summed E-state index contributed by atoms with van der Waals surface area (Å²) >= 11 is 0. The third-order valence-electron chi connectivity index (χ3n) is 7.24. The topological polar surface area (TPSA) is 132 Å². The van der Waals surface area contributed by atoms with E-state index in [2.05, 4.69) is 5.10 Å². The van der Waals surface area contributed by atoms with Crippen molar-refractivity contribution in [3.05, 3.63) is 39.8 Å². The van der Waals surface area contributed by atoms with E-state index in [0.717, 1.165) is 21.9 Å². The Morgan fingerprint density at radius 2 is 2.15 bits per heavy atom. The third kappa shape index (κ3) is 3.33. The normalized spacial score (nSPS) is 29.3. The van der Waals surface area contributed by atoms with Gasteiger partial charge in [-0.05, 0) is 37.7 Å². The Balaban J connectivity index is 1.27. The Morgan fingerprint density at radius 1 is 1.36 bits per heavy atom. The maximum Gasteiger partial charge on any atom is 0.270 e. The summed E-state index contributed by atoms with van der Waals surface area (Å²) in [6, 6.07) is 1.79. The molecule has 11 heteroatoms. The molecular weight excluding hydrogens is 433 g/mol. The number of amides is 2. The fraction of sp³-hybridized carbons (Fsp3) is 0.545. The molecule has 4 aliphatic rings. The molecule has 2 bridgehead atoms. The molecule has 4 atom stereocenters. The number of nitrogens with two attached hydrogens (primary N) is 1. The van der Waals surface area contributed by atoms with Crippen molar-refractivity contribution in [3.8, 4) is 5.88 Å². The molecule has 2 unspecified atom stereocenters. The Kier molecular flexibility index (Phi) is 4.26. The first-order valence-corrected chi connectivity index (χ1v) is 11.2. The number of aromatic hydroxyl groups is 1. The first-order chi connectivity index (χ1) is 15.7. The van der Waals surface area contributed by atoms with Gasteiger partial charge < -0.3 is 20.5 Å². The van der Waals surface area contributed by atoms with Gasteiger partial charge in [0.1, 0.15) is 11.3 Å². The fourth-order valence-corrected chi connectivity index (χ4v) is 5.04. The number of carbonyl (C=O) groups is 2. The molecular formula is C22H24FN5O5. The minimum absolute atomic E-state index is 0.00689. The minimum atomic E-state index is -1.51. The van der Waals surface area contributed by atoms with Crippen LogP contribution in [0.25, 0.3) is 5.65 Å². The van der Waals surface area contributed by atoms with Crippen LogP contribution >= 0.6 is 0 Å². The van der Waals surface area contributed by atoms with E-state index in [9.17, 15) is 23.9 Å². The average Bonchev–Trinajstić information content (AvgIpc) is 3.50. The zero-order chi connectivity index (χ0) is 23.1. The summed E-state index contributed by atoms with van der Waals surface area (Å²) in [6.45, 7) is 0.991. The molecule has 6 rings (SSSR count). The van der Waals surface area contributed by atoms with E-state index in [1.165, 1.54) is 0 Å². The summed E-state index contributed by atoms with van der Waals surface area (Å²) in [7, 11) is 0. The summed E-state index contributed by atoms with van der Waals surface area (Å²) in [5.74, 6) is -1.69. The van der Waals surface area contributed by atoms with Crippen molar-refractivity contribution in [2.75, 3.05) is 13.2 Å². The molecule has 10 nitrogen and oxygen atoms in total. The van der Waals surface area contributed by atoms with E-state index in [4.69, 9.17) is 10.5 Å². The van der Waals surface area contributed by atoms with Crippen LogP contribution in [0.5, 0.6) is 5.88 Å². The van der Waals surface area contributed by atoms with Crippen LogP contribution in [-0.2, 0) is 16.1 Å². The van der Waals surface area contributed by atoms with Crippen molar-refractivity contribution < 1.29 is 23.8 Å². The average molecular weight is 457 g/mol. The van der Waals surface area contributed by atoms with Gasteiger partial charge in [0.25, 0.3) is 11.5 Å². The monoisotopic (exact) mass is 457 g/mol. The second-order valence-electron chi connectivity index (χ2n) is 9.64. The van der Waals surface area contributed by atoms with Crippen molar-refractivity contribution in [1.82, 2.24) is 19.1 Å². The lowest BCUT2D eigenvalue weighted by atomic mass is 10.2. The van der Waals surface area contributed by atoms with E-state index >= 15 is 0 Å². The molecule has 174 valence electrons. The second-order valence-corrected chi connectivity index (χ2v) is 9.64. The molecule has 0 aromatic carbocycles. The Hall–Kier alpha value is -3.21. The van der Waals surface area contributed by atoms with Crippen LogP contribution in [0.3, 0.4) is 0 Å². The summed E-state index contributed by atoms with van der Waals surface area (Å²) in [5.41, 5.74) is 3.16. The maximum absolute atomic E-state index is 14.5. The van der Waals surface area contributed by atoms with Crippen LogP contribution in [0.15, 0.2) is 23.0 Å². The SMILES string of the molecule is NC(=O)c1c(O)n2nc(C3CC3/C=C/C(=O)N3C[C@@H]4C[C@H]3CO4)cc2n(CC2(F)CC2)c1=O. The van der Waals surface area contributed by atoms with Gasteiger partial charge in [0.05, 0.1) is 31.0 Å². The van der Waals surface area contributed by atoms with E-state index in [-0.39, 0.29) is 42.1 Å². The molecule has 33 heavy (non-hydrogen) atoms. The zero-order valence-electron chi connectivity index (χ0n) is 17.8. The van der Waals surface area contributed by atoms with E-state index in [0.29, 0.717) is 31.7 Å². The van der Waals surface area contributed by atoms with Gasteiger partial charge in [-0.2, -0.15) is 9.61 Å². The number of alkyl halides is 1. The quantitative estimate of drug-likeness (QED) is 0.606. The standard InChI is InChI=1S/C22H24FN5O5/c23-22(3-4-22)10-27-16-7-15(25-28(16)21(32)18(19(24)30)20(27)31)14-5-11(14)1-2-17(29)26-8-13-6-12(26)9-33-13/h1-2,7,11-14,32H,3-6,8-10H2,(H2,24,30)/b2-1+/t11?,12-,13-,14?/m0/s1. The number of nitrogens with zero attached hydrogens (tertiary/aromatic N) is 4. The molecule has 3 N–H and O–H groups in total. The molecule has 2 saturated heterocycles. The number of ether oxygens (including phenoxy) is 1. The van der Waals surface area contributed by atoms with Gasteiger partial charge in [-0.15, -0.1) is 0 Å². The zero-order valence-corrected chi connectivity index (χ0v) is 17.8. The van der Waals surface area contributed by atoms with Crippen LogP contribution in [0.4, 0.5) is 4.39 Å². The lowest BCUT2D eigenvalue weighted by molar-refractivity contribution is -0.130. The first-order valence-electron chi connectivity index (χ1n) is 11.2. The second kappa shape index (κ2) is 6.89. The van der Waals surface area contributed by atoms with Gasteiger partial charge in [0.15, 0.2) is 5.56 Å². The number of likely N-dealkylation sites (tertiary alicyclic amines) is 1. The van der Waals surface area contributed by atoms with Crippen molar-refractivity contribution in [2.24, 2.45) is 11.7 Å². The van der Waals surface area contributed by atoms with Gasteiger partial charge in [-0.3, -0.25) is 19.0 Å². The van der Waals surface area contributed by atoms with E-state index < -0.39 is 28.6 Å². The van der Waals surface area contributed by atoms with Gasteiger partial charge in [-0.25, -0.2) is 4.39 Å². The van der Waals surface area contributed by atoms with E-state index in [1.807, 2.05) is 11.0 Å². The molecule has 2 aromatic rings. The predicted molar refractivity (Wildman–Crippen MR) is 113 cm³/mol. The number of primary amides is 1. The smallest absolute Gasteiger partial charge is 0.270 e. The molecule has 4 fully saturated rings. The number of allylic oxidation sites excluding steroid dienone is 1. The van der Waals surface area contributed by atoms with Gasteiger partial charge >= 0.3 is 0 Å². The summed E-state index contributed by atoms with van der Waals surface area (Å²) < 4.78 is 22.2. The minimum Gasteiger partial charge on any atom is -0.492 e. The largest absolute Gasteiger partial charge is 0.492 e. The van der Waals surface area contributed by atoms with Crippen LogP contribution in [0, 0.1) is 5.92 Å². The van der Waals surface area contributed by atoms with Crippen molar-refractivity contribution in [1.29, 1.82) is 0 Å². The molecule has 2 saturated carbocycles. The van der Waals surface area contributed by atoms with Crippen LogP contribution in [0.1, 0.15) is 47.7 Å². The maximum atomic E-state index is 14.5. The first kappa shape index (κ1) is 20.4. The van der Waals surface area contributed by atoms with Crippen LogP contribution in [0.2, 0.25) is 0 Å².